The van der Waals surface area contributed by atoms with Gasteiger partial charge < -0.3 is 4.98 Å². The van der Waals surface area contributed by atoms with Crippen molar-refractivity contribution in [2.75, 3.05) is 0 Å². The van der Waals surface area contributed by atoms with E-state index in [1.165, 1.54) is 11.2 Å². The van der Waals surface area contributed by atoms with Gasteiger partial charge in [-0.1, -0.05) is 18.2 Å². The van der Waals surface area contributed by atoms with Crippen LogP contribution in [0.15, 0.2) is 36.8 Å². The van der Waals surface area contributed by atoms with Crippen LogP contribution in [-0.2, 0) is 17.8 Å². The van der Waals surface area contributed by atoms with Gasteiger partial charge in [0.25, 0.3) is 5.91 Å². The van der Waals surface area contributed by atoms with E-state index < -0.39 is 0 Å². The van der Waals surface area contributed by atoms with Gasteiger partial charge in [0.1, 0.15) is 0 Å². The molecule has 1 N–H and O–H groups in total. The highest BCUT2D eigenvalue weighted by atomic mass is 16.2. The number of aromatic nitrogens is 2. The van der Waals surface area contributed by atoms with Crippen LogP contribution in [0.5, 0.6) is 0 Å². The summed E-state index contributed by atoms with van der Waals surface area (Å²) in [6, 6.07) is 7.22. The molecule has 0 saturated heterocycles. The summed E-state index contributed by atoms with van der Waals surface area (Å²) in [5.74, 6) is -0.412. The molecule has 0 saturated carbocycles. The van der Waals surface area contributed by atoms with E-state index >= 15 is 0 Å². The molecule has 1 aliphatic heterocycles. The number of amides is 2. The predicted molar refractivity (Wildman–Crippen MR) is 63.6 cm³/mol. The number of hydrogen-bond acceptors (Lipinski definition) is 3. The molecule has 0 fully saturated rings. The van der Waals surface area contributed by atoms with Gasteiger partial charge in [0.2, 0.25) is 5.91 Å². The molecule has 18 heavy (non-hydrogen) atoms. The SMILES string of the molecule is O=C1Cc2ccccc2C(=O)N1Cc1cnc[nH]1. The van der Waals surface area contributed by atoms with Crippen molar-refractivity contribution >= 4 is 11.8 Å². The number of nitrogens with one attached hydrogen (secondary N) is 1. The summed E-state index contributed by atoms with van der Waals surface area (Å²) in [5.41, 5.74) is 2.15. The van der Waals surface area contributed by atoms with E-state index in [1.54, 1.807) is 18.3 Å². The third-order valence-corrected chi connectivity index (χ3v) is 3.02. The van der Waals surface area contributed by atoms with Crippen LogP contribution in [0.25, 0.3) is 0 Å². The number of carbonyl (C=O) groups is 2. The predicted octanol–water partition coefficient (Wildman–Crippen LogP) is 1.13. The Balaban J connectivity index is 1.93. The van der Waals surface area contributed by atoms with E-state index in [9.17, 15) is 9.59 Å². The summed E-state index contributed by atoms with van der Waals surface area (Å²) < 4.78 is 0. The monoisotopic (exact) mass is 241 g/mol. The number of benzene rings is 1. The van der Waals surface area contributed by atoms with Gasteiger partial charge in [0, 0.05) is 11.8 Å². The van der Waals surface area contributed by atoms with Crippen molar-refractivity contribution in [3.8, 4) is 0 Å². The zero-order valence-corrected chi connectivity index (χ0v) is 9.59. The van der Waals surface area contributed by atoms with E-state index in [-0.39, 0.29) is 24.8 Å². The number of H-pyrrole nitrogens is 1. The average Bonchev–Trinajstić information content (AvgIpc) is 2.87. The topological polar surface area (TPSA) is 66.1 Å². The van der Waals surface area contributed by atoms with Gasteiger partial charge in [-0.05, 0) is 11.6 Å². The van der Waals surface area contributed by atoms with Crippen LogP contribution < -0.4 is 0 Å². The summed E-state index contributed by atoms with van der Waals surface area (Å²) in [7, 11) is 0. The summed E-state index contributed by atoms with van der Waals surface area (Å²) in [4.78, 5) is 32.2. The van der Waals surface area contributed by atoms with E-state index in [2.05, 4.69) is 9.97 Å². The van der Waals surface area contributed by atoms with Gasteiger partial charge in [-0.25, -0.2) is 4.98 Å². The Kier molecular flexibility index (Phi) is 2.44. The highest BCUT2D eigenvalue weighted by molar-refractivity contribution is 6.09. The Morgan fingerprint density at radius 2 is 2.11 bits per heavy atom. The molecule has 90 valence electrons. The zero-order chi connectivity index (χ0) is 12.5. The van der Waals surface area contributed by atoms with E-state index in [1.807, 2.05) is 12.1 Å². The normalized spacial score (nSPS) is 14.8. The van der Waals surface area contributed by atoms with Crippen LogP contribution in [0.3, 0.4) is 0 Å². The standard InChI is InChI=1S/C13H11N3O2/c17-12-5-9-3-1-2-4-11(9)13(18)16(12)7-10-6-14-8-15-10/h1-4,6,8H,5,7H2,(H,14,15). The second kappa shape index (κ2) is 4.10. The van der Waals surface area contributed by atoms with Gasteiger partial charge in [-0.2, -0.15) is 0 Å². The Hall–Kier alpha value is -2.43. The fraction of sp³-hybridized carbons (Fsp3) is 0.154. The maximum atomic E-state index is 12.2. The summed E-state index contributed by atoms with van der Waals surface area (Å²) in [6.07, 6.45) is 3.42. The second-order valence-corrected chi connectivity index (χ2v) is 4.20. The molecule has 1 aromatic carbocycles. The van der Waals surface area contributed by atoms with Gasteiger partial charge >= 0.3 is 0 Å². The molecule has 2 aromatic rings. The molecule has 0 radical (unpaired) electrons. The fourth-order valence-corrected chi connectivity index (χ4v) is 2.10. The lowest BCUT2D eigenvalue weighted by atomic mass is 9.98. The number of imidazole rings is 1. The number of hydrogen-bond donors (Lipinski definition) is 1. The summed E-state index contributed by atoms with van der Waals surface area (Å²) in [5, 5.41) is 0. The van der Waals surface area contributed by atoms with Crippen molar-refractivity contribution in [2.24, 2.45) is 0 Å². The smallest absolute Gasteiger partial charge is 0.261 e. The lowest BCUT2D eigenvalue weighted by molar-refractivity contribution is -0.128. The molecule has 3 rings (SSSR count). The number of rotatable bonds is 2. The van der Waals surface area contributed by atoms with Crippen molar-refractivity contribution in [1.82, 2.24) is 14.9 Å². The Morgan fingerprint density at radius 1 is 1.28 bits per heavy atom. The molecule has 1 aliphatic rings. The molecule has 5 heteroatoms. The zero-order valence-electron chi connectivity index (χ0n) is 9.59. The second-order valence-electron chi connectivity index (χ2n) is 4.20. The summed E-state index contributed by atoms with van der Waals surface area (Å²) >= 11 is 0. The molecule has 2 amide bonds. The third kappa shape index (κ3) is 1.69. The molecule has 0 unspecified atom stereocenters. The quantitative estimate of drug-likeness (QED) is 0.802. The minimum Gasteiger partial charge on any atom is -0.347 e. The summed E-state index contributed by atoms with van der Waals surface area (Å²) in [6.45, 7) is 0.242. The van der Waals surface area contributed by atoms with Crippen molar-refractivity contribution < 1.29 is 9.59 Å². The number of carbonyl (C=O) groups excluding carboxylic acids is 2. The van der Waals surface area contributed by atoms with Crippen molar-refractivity contribution in [2.45, 2.75) is 13.0 Å². The van der Waals surface area contributed by atoms with Crippen LogP contribution in [0.1, 0.15) is 21.6 Å². The largest absolute Gasteiger partial charge is 0.347 e. The molecule has 0 bridgehead atoms. The third-order valence-electron chi connectivity index (χ3n) is 3.02. The lowest BCUT2D eigenvalue weighted by Crippen LogP contribution is -2.41. The van der Waals surface area contributed by atoms with Gasteiger partial charge in [0.05, 0.1) is 25.0 Å². The molecule has 0 aliphatic carbocycles. The number of nitrogens with zero attached hydrogens (tertiary/aromatic N) is 2. The van der Waals surface area contributed by atoms with Crippen LogP contribution in [0.2, 0.25) is 0 Å². The first-order chi connectivity index (χ1) is 8.75. The average molecular weight is 241 g/mol. The molecule has 1 aromatic heterocycles. The first-order valence-electron chi connectivity index (χ1n) is 5.65. The molecule has 2 heterocycles. The van der Waals surface area contributed by atoms with E-state index in [4.69, 9.17) is 0 Å². The number of aromatic amines is 1. The van der Waals surface area contributed by atoms with Crippen LogP contribution in [0, 0.1) is 0 Å². The van der Waals surface area contributed by atoms with Crippen molar-refractivity contribution in [3.63, 3.8) is 0 Å². The van der Waals surface area contributed by atoms with E-state index in [0.29, 0.717) is 5.56 Å². The Bertz CT molecular complexity index is 604. The highest BCUT2D eigenvalue weighted by Crippen LogP contribution is 2.20. The maximum absolute atomic E-state index is 12.2. The van der Waals surface area contributed by atoms with Crippen LogP contribution >= 0.6 is 0 Å². The maximum Gasteiger partial charge on any atom is 0.261 e. The number of fused-ring (bicyclic) bond motifs is 1. The molecule has 5 nitrogen and oxygen atoms in total. The molecular weight excluding hydrogens is 230 g/mol. The minimum atomic E-state index is -0.239. The molecular formula is C13H11N3O2. The highest BCUT2D eigenvalue weighted by Gasteiger charge is 2.30. The van der Waals surface area contributed by atoms with Crippen molar-refractivity contribution in [1.29, 1.82) is 0 Å². The molecule has 0 spiro atoms. The van der Waals surface area contributed by atoms with E-state index in [0.717, 1.165) is 11.3 Å². The Labute approximate surface area is 103 Å². The first kappa shape index (κ1) is 10.7. The van der Waals surface area contributed by atoms with Crippen molar-refractivity contribution in [3.05, 3.63) is 53.6 Å². The minimum absolute atomic E-state index is 0.173. The fourth-order valence-electron chi connectivity index (χ4n) is 2.10. The van der Waals surface area contributed by atoms with Gasteiger partial charge in [-0.3, -0.25) is 14.5 Å². The molecule has 0 atom stereocenters. The van der Waals surface area contributed by atoms with Crippen LogP contribution in [-0.4, -0.2) is 26.7 Å². The first-order valence-corrected chi connectivity index (χ1v) is 5.65. The van der Waals surface area contributed by atoms with Gasteiger partial charge in [-0.15, -0.1) is 0 Å². The lowest BCUT2D eigenvalue weighted by Gasteiger charge is -2.26. The van der Waals surface area contributed by atoms with Gasteiger partial charge in [0.15, 0.2) is 0 Å². The van der Waals surface area contributed by atoms with Crippen LogP contribution in [0.4, 0.5) is 0 Å². The number of imide groups is 1. The Morgan fingerprint density at radius 3 is 2.89 bits per heavy atom.